The minimum absolute atomic E-state index is 0.0967. The largest absolute Gasteiger partial charge is 0.455 e. The van der Waals surface area contributed by atoms with E-state index in [9.17, 15) is 9.59 Å². The van der Waals surface area contributed by atoms with Gasteiger partial charge in [-0.1, -0.05) is 0 Å². The van der Waals surface area contributed by atoms with Crippen LogP contribution in [0, 0.1) is 0 Å². The number of ether oxygens (including phenoxy) is 2. The second-order valence-electron chi connectivity index (χ2n) is 6.81. The highest BCUT2D eigenvalue weighted by atomic mass is 32.2. The van der Waals surface area contributed by atoms with Crippen molar-refractivity contribution in [3.63, 3.8) is 0 Å². The zero-order valence-corrected chi connectivity index (χ0v) is 13.9. The number of esters is 1. The molecule has 3 atom stereocenters. The van der Waals surface area contributed by atoms with Crippen molar-refractivity contribution in [2.24, 2.45) is 5.73 Å². The lowest BCUT2D eigenvalue weighted by Gasteiger charge is -2.49. The number of fused-ring (bicyclic) bond motifs is 1. The van der Waals surface area contributed by atoms with Crippen LogP contribution in [0.15, 0.2) is 11.3 Å². The number of carbonyl (C=O) groups excluding carboxylic acids is 2. The molecule has 0 unspecified atom stereocenters. The van der Waals surface area contributed by atoms with E-state index < -0.39 is 17.6 Å². The lowest BCUT2D eigenvalue weighted by Crippen LogP contribution is -2.69. The van der Waals surface area contributed by atoms with E-state index in [1.165, 1.54) is 4.90 Å². The number of hydrogen-bond acceptors (Lipinski definition) is 6. The first-order chi connectivity index (χ1) is 10.3. The van der Waals surface area contributed by atoms with Gasteiger partial charge in [0.2, 0.25) is 5.91 Å². The molecule has 1 amide bonds. The first-order valence-electron chi connectivity index (χ1n) is 7.58. The summed E-state index contributed by atoms with van der Waals surface area (Å²) in [6.45, 7) is 6.14. The van der Waals surface area contributed by atoms with Crippen LogP contribution in [0.4, 0.5) is 0 Å². The molecule has 3 rings (SSSR count). The molecule has 0 spiro atoms. The number of nitrogens with zero attached hydrogens (tertiary/aromatic N) is 1. The third kappa shape index (κ3) is 2.66. The van der Waals surface area contributed by atoms with Gasteiger partial charge in [0.25, 0.3) is 0 Å². The third-order valence-electron chi connectivity index (χ3n) is 3.95. The normalized spacial score (nSPS) is 31.9. The van der Waals surface area contributed by atoms with Crippen molar-refractivity contribution < 1.29 is 19.1 Å². The molecule has 0 radical (unpaired) electrons. The van der Waals surface area contributed by atoms with E-state index >= 15 is 0 Å². The number of nitrogens with two attached hydrogens (primary N) is 1. The molecule has 3 aliphatic rings. The van der Waals surface area contributed by atoms with Crippen molar-refractivity contribution in [1.29, 1.82) is 0 Å². The van der Waals surface area contributed by atoms with Gasteiger partial charge in [-0.2, -0.15) is 0 Å². The predicted molar refractivity (Wildman–Crippen MR) is 82.9 cm³/mol. The van der Waals surface area contributed by atoms with Gasteiger partial charge >= 0.3 is 5.97 Å². The Morgan fingerprint density at radius 2 is 2.18 bits per heavy atom. The van der Waals surface area contributed by atoms with Crippen molar-refractivity contribution in [3.8, 4) is 0 Å². The van der Waals surface area contributed by atoms with Gasteiger partial charge in [-0.3, -0.25) is 9.69 Å². The van der Waals surface area contributed by atoms with Crippen molar-refractivity contribution in [2.45, 2.75) is 56.7 Å². The third-order valence-corrected chi connectivity index (χ3v) is 5.27. The summed E-state index contributed by atoms with van der Waals surface area (Å²) in [5, 5.41) is -0.167. The molecule has 0 aliphatic carbocycles. The minimum atomic E-state index is -0.609. The standard InChI is InChI=1S/C15H22N2O4S/c1-15(2,3)21-14(19)11-8(9-5-4-6-20-9)7-22-13-10(16)12(18)17(11)13/h9-10,13H,4-7,16H2,1-3H3/t9-,10+,13+/m0/s1. The van der Waals surface area contributed by atoms with Crippen molar-refractivity contribution in [3.05, 3.63) is 11.3 Å². The highest BCUT2D eigenvalue weighted by Crippen LogP contribution is 2.42. The molecule has 3 aliphatic heterocycles. The Hall–Kier alpha value is -1.05. The molecule has 0 aromatic rings. The van der Waals surface area contributed by atoms with E-state index in [2.05, 4.69) is 0 Å². The van der Waals surface area contributed by atoms with E-state index in [-0.39, 0.29) is 17.4 Å². The smallest absolute Gasteiger partial charge is 0.355 e. The molecule has 122 valence electrons. The number of rotatable bonds is 2. The summed E-state index contributed by atoms with van der Waals surface area (Å²) in [7, 11) is 0. The minimum Gasteiger partial charge on any atom is -0.455 e. The molecule has 7 heteroatoms. The SMILES string of the molecule is CC(C)(C)OC(=O)C1=C([C@@H]2CCCO2)CS[C@@H]2[C@H](N)C(=O)N12. The van der Waals surface area contributed by atoms with Crippen LogP contribution in [0.1, 0.15) is 33.6 Å². The molecule has 2 saturated heterocycles. The predicted octanol–water partition coefficient (Wildman–Crippen LogP) is 1.00. The van der Waals surface area contributed by atoms with Gasteiger partial charge in [0.1, 0.15) is 22.7 Å². The highest BCUT2D eigenvalue weighted by Gasteiger charge is 2.53. The Morgan fingerprint density at radius 3 is 2.77 bits per heavy atom. The summed E-state index contributed by atoms with van der Waals surface area (Å²) in [4.78, 5) is 26.3. The monoisotopic (exact) mass is 326 g/mol. The van der Waals surface area contributed by atoms with E-state index in [0.717, 1.165) is 18.4 Å². The maximum Gasteiger partial charge on any atom is 0.355 e. The summed E-state index contributed by atoms with van der Waals surface area (Å²) in [5.41, 5.74) is 6.47. The lowest BCUT2D eigenvalue weighted by molar-refractivity contribution is -0.158. The van der Waals surface area contributed by atoms with Crippen LogP contribution in [-0.4, -0.2) is 52.3 Å². The van der Waals surface area contributed by atoms with E-state index in [4.69, 9.17) is 15.2 Å². The van der Waals surface area contributed by atoms with Gasteiger partial charge in [0.05, 0.1) is 6.10 Å². The number of carbonyl (C=O) groups is 2. The molecular weight excluding hydrogens is 304 g/mol. The van der Waals surface area contributed by atoms with E-state index in [1.807, 2.05) is 20.8 Å². The van der Waals surface area contributed by atoms with Crippen LogP contribution in [0.3, 0.4) is 0 Å². The van der Waals surface area contributed by atoms with Crippen LogP contribution >= 0.6 is 11.8 Å². The van der Waals surface area contributed by atoms with E-state index in [1.54, 1.807) is 11.8 Å². The maximum atomic E-state index is 12.6. The fraction of sp³-hybridized carbons (Fsp3) is 0.733. The molecule has 2 fully saturated rings. The second-order valence-corrected chi connectivity index (χ2v) is 7.92. The van der Waals surface area contributed by atoms with E-state index in [0.29, 0.717) is 18.1 Å². The van der Waals surface area contributed by atoms with Crippen LogP contribution in [0.5, 0.6) is 0 Å². The van der Waals surface area contributed by atoms with Gasteiger partial charge in [0.15, 0.2) is 0 Å². The Bertz CT molecular complexity index is 534. The summed E-state index contributed by atoms with van der Waals surface area (Å²) in [5.74, 6) is -0.0152. The summed E-state index contributed by atoms with van der Waals surface area (Å²) >= 11 is 1.59. The van der Waals surface area contributed by atoms with Crippen molar-refractivity contribution in [1.82, 2.24) is 4.90 Å². The first kappa shape index (κ1) is 15.8. The fourth-order valence-electron chi connectivity index (χ4n) is 2.95. The zero-order chi connectivity index (χ0) is 16.1. The number of β-lactam (4-membered cyclic amide) rings is 1. The number of amides is 1. The van der Waals surface area contributed by atoms with Crippen LogP contribution in [0.25, 0.3) is 0 Å². The van der Waals surface area contributed by atoms with Gasteiger partial charge < -0.3 is 15.2 Å². The van der Waals surface area contributed by atoms with Crippen molar-refractivity contribution in [2.75, 3.05) is 12.4 Å². The molecule has 0 saturated carbocycles. The number of hydrogen-bond donors (Lipinski definition) is 1. The molecule has 0 bridgehead atoms. The topological polar surface area (TPSA) is 81.9 Å². The lowest BCUT2D eigenvalue weighted by atomic mass is 9.99. The Morgan fingerprint density at radius 1 is 1.45 bits per heavy atom. The van der Waals surface area contributed by atoms with Crippen LogP contribution < -0.4 is 5.73 Å². The quantitative estimate of drug-likeness (QED) is 0.602. The van der Waals surface area contributed by atoms with Crippen LogP contribution in [-0.2, 0) is 19.1 Å². The zero-order valence-electron chi connectivity index (χ0n) is 13.1. The molecular formula is C15H22N2O4S. The Labute approximate surface area is 134 Å². The molecule has 22 heavy (non-hydrogen) atoms. The average Bonchev–Trinajstić information content (AvgIpc) is 2.97. The number of thioether (sulfide) groups is 1. The van der Waals surface area contributed by atoms with Crippen LogP contribution in [0.2, 0.25) is 0 Å². The van der Waals surface area contributed by atoms with Gasteiger partial charge in [-0.15, -0.1) is 11.8 Å². The fourth-order valence-corrected chi connectivity index (χ4v) is 4.31. The Kier molecular flexibility index (Phi) is 3.99. The second kappa shape index (κ2) is 5.54. The first-order valence-corrected chi connectivity index (χ1v) is 8.63. The highest BCUT2D eigenvalue weighted by molar-refractivity contribution is 8.00. The van der Waals surface area contributed by atoms with Gasteiger partial charge in [0, 0.05) is 12.4 Å². The molecule has 6 nitrogen and oxygen atoms in total. The van der Waals surface area contributed by atoms with Gasteiger partial charge in [-0.05, 0) is 39.2 Å². The van der Waals surface area contributed by atoms with Crippen molar-refractivity contribution >= 4 is 23.6 Å². The summed E-state index contributed by atoms with van der Waals surface area (Å²) in [6, 6.07) is -0.534. The van der Waals surface area contributed by atoms with Gasteiger partial charge in [-0.25, -0.2) is 4.79 Å². The molecule has 3 heterocycles. The Balaban J connectivity index is 1.95. The molecule has 0 aromatic heterocycles. The average molecular weight is 326 g/mol. The maximum absolute atomic E-state index is 12.6. The molecule has 2 N–H and O–H groups in total. The molecule has 0 aromatic carbocycles. The summed E-state index contributed by atoms with van der Waals surface area (Å²) in [6.07, 6.45) is 1.75. The summed E-state index contributed by atoms with van der Waals surface area (Å²) < 4.78 is 11.2.